The van der Waals surface area contributed by atoms with Gasteiger partial charge in [-0.25, -0.2) is 18.7 Å². The van der Waals surface area contributed by atoms with Crippen LogP contribution in [0.25, 0.3) is 0 Å². The molecule has 0 spiro atoms. The molecular formula is C9H11ClF2N4. The Balaban J connectivity index is 1.90. The summed E-state index contributed by atoms with van der Waals surface area (Å²) in [6.45, 7) is 0.426. The molecule has 0 radical (unpaired) electrons. The quantitative estimate of drug-likeness (QED) is 0.852. The zero-order valence-corrected chi connectivity index (χ0v) is 9.14. The van der Waals surface area contributed by atoms with E-state index in [1.807, 2.05) is 0 Å². The molecule has 1 atom stereocenters. The van der Waals surface area contributed by atoms with Gasteiger partial charge in [0, 0.05) is 19.5 Å². The van der Waals surface area contributed by atoms with Crippen LogP contribution in [0.1, 0.15) is 6.42 Å². The van der Waals surface area contributed by atoms with Gasteiger partial charge < -0.3 is 10.6 Å². The van der Waals surface area contributed by atoms with E-state index >= 15 is 0 Å². The lowest BCUT2D eigenvalue weighted by atomic mass is 10.1. The molecule has 2 heterocycles. The van der Waals surface area contributed by atoms with Crippen molar-refractivity contribution in [2.75, 3.05) is 18.4 Å². The maximum absolute atomic E-state index is 13.2. The topological polar surface area (TPSA) is 49.8 Å². The van der Waals surface area contributed by atoms with Crippen molar-refractivity contribution in [1.82, 2.24) is 15.3 Å². The minimum absolute atomic E-state index is 0.0919. The van der Waals surface area contributed by atoms with Gasteiger partial charge in [0.25, 0.3) is 5.92 Å². The van der Waals surface area contributed by atoms with Crippen LogP contribution in [0, 0.1) is 0 Å². The van der Waals surface area contributed by atoms with Crippen molar-refractivity contribution < 1.29 is 8.78 Å². The van der Waals surface area contributed by atoms with Gasteiger partial charge in [-0.1, -0.05) is 11.6 Å². The Morgan fingerprint density at radius 1 is 1.50 bits per heavy atom. The van der Waals surface area contributed by atoms with E-state index in [0.29, 0.717) is 17.5 Å². The van der Waals surface area contributed by atoms with Gasteiger partial charge in [-0.2, -0.15) is 0 Å². The van der Waals surface area contributed by atoms with Crippen LogP contribution in [-0.4, -0.2) is 35.0 Å². The third-order valence-electron chi connectivity index (χ3n) is 2.44. The van der Waals surface area contributed by atoms with Crippen molar-refractivity contribution in [3.8, 4) is 0 Å². The molecule has 4 nitrogen and oxygen atoms in total. The molecule has 0 unspecified atom stereocenters. The molecule has 0 aliphatic carbocycles. The highest BCUT2D eigenvalue weighted by Crippen LogP contribution is 2.27. The molecule has 0 amide bonds. The van der Waals surface area contributed by atoms with E-state index in [0.717, 1.165) is 0 Å². The summed E-state index contributed by atoms with van der Waals surface area (Å²) in [4.78, 5) is 7.72. The lowest BCUT2D eigenvalue weighted by molar-refractivity contribution is -0.00693. The second kappa shape index (κ2) is 4.47. The Morgan fingerprint density at radius 2 is 2.19 bits per heavy atom. The van der Waals surface area contributed by atoms with Crippen molar-refractivity contribution in [3.63, 3.8) is 0 Å². The lowest BCUT2D eigenvalue weighted by Crippen LogP contribution is -2.41. The highest BCUT2D eigenvalue weighted by atomic mass is 35.5. The number of nitrogens with zero attached hydrogens (tertiary/aromatic N) is 2. The number of hydrogen-bond acceptors (Lipinski definition) is 4. The zero-order chi connectivity index (χ0) is 11.6. The summed E-state index contributed by atoms with van der Waals surface area (Å²) in [6, 6.07) is -0.869. The summed E-state index contributed by atoms with van der Waals surface area (Å²) in [5.74, 6) is -2.37. The number of hydrogen-bond donors (Lipinski definition) is 2. The van der Waals surface area contributed by atoms with Gasteiger partial charge >= 0.3 is 0 Å². The fourth-order valence-electron chi connectivity index (χ4n) is 1.56. The number of rotatable bonds is 3. The molecule has 1 aliphatic rings. The summed E-state index contributed by atoms with van der Waals surface area (Å²) in [7, 11) is 0. The molecule has 1 saturated heterocycles. The third-order valence-corrected chi connectivity index (χ3v) is 2.64. The summed E-state index contributed by atoms with van der Waals surface area (Å²) in [5, 5.41) is 5.89. The van der Waals surface area contributed by atoms with Gasteiger partial charge in [0.2, 0.25) is 5.95 Å². The Morgan fingerprint density at radius 3 is 2.75 bits per heavy atom. The maximum atomic E-state index is 13.2. The fraction of sp³-hybridized carbons (Fsp3) is 0.556. The van der Waals surface area contributed by atoms with Crippen molar-refractivity contribution in [3.05, 3.63) is 17.4 Å². The van der Waals surface area contributed by atoms with Gasteiger partial charge in [-0.05, 0) is 0 Å². The first kappa shape index (κ1) is 11.5. The number of aromatic nitrogens is 2. The number of anilines is 1. The van der Waals surface area contributed by atoms with Crippen molar-refractivity contribution in [2.24, 2.45) is 0 Å². The predicted molar refractivity (Wildman–Crippen MR) is 56.9 cm³/mol. The van der Waals surface area contributed by atoms with Crippen LogP contribution < -0.4 is 10.6 Å². The van der Waals surface area contributed by atoms with Crippen LogP contribution >= 0.6 is 11.6 Å². The average Bonchev–Trinajstić information content (AvgIpc) is 2.57. The Hall–Kier alpha value is -1.01. The molecule has 16 heavy (non-hydrogen) atoms. The van der Waals surface area contributed by atoms with Gasteiger partial charge in [-0.15, -0.1) is 0 Å². The van der Waals surface area contributed by atoms with Crippen molar-refractivity contribution >= 4 is 17.5 Å². The molecule has 0 bridgehead atoms. The monoisotopic (exact) mass is 248 g/mol. The van der Waals surface area contributed by atoms with Crippen LogP contribution in [0.15, 0.2) is 12.4 Å². The molecule has 88 valence electrons. The predicted octanol–water partition coefficient (Wildman–Crippen LogP) is 1.54. The molecule has 1 aromatic heterocycles. The summed E-state index contributed by atoms with van der Waals surface area (Å²) in [5.41, 5.74) is 0. The number of halogens is 3. The van der Waals surface area contributed by atoms with Crippen LogP contribution in [-0.2, 0) is 0 Å². The minimum Gasteiger partial charge on any atom is -0.352 e. The number of nitrogens with one attached hydrogen (secondary N) is 2. The third kappa shape index (κ3) is 2.56. The highest BCUT2D eigenvalue weighted by molar-refractivity contribution is 6.30. The fourth-order valence-corrected chi connectivity index (χ4v) is 1.65. The van der Waals surface area contributed by atoms with Crippen LogP contribution in [0.3, 0.4) is 0 Å². The van der Waals surface area contributed by atoms with E-state index in [2.05, 4.69) is 20.6 Å². The average molecular weight is 249 g/mol. The normalized spacial score (nSPS) is 23.3. The van der Waals surface area contributed by atoms with Crippen molar-refractivity contribution in [1.29, 1.82) is 0 Å². The van der Waals surface area contributed by atoms with E-state index in [-0.39, 0.29) is 13.0 Å². The molecule has 1 aliphatic heterocycles. The molecule has 1 aromatic rings. The Labute approximate surface area is 96.4 Å². The summed E-state index contributed by atoms with van der Waals surface area (Å²) in [6.07, 6.45) is 2.70. The van der Waals surface area contributed by atoms with E-state index < -0.39 is 12.0 Å². The first-order valence-corrected chi connectivity index (χ1v) is 5.28. The molecule has 2 N–H and O–H groups in total. The van der Waals surface area contributed by atoms with E-state index in [4.69, 9.17) is 11.6 Å². The minimum atomic E-state index is -2.67. The van der Waals surface area contributed by atoms with E-state index in [1.165, 1.54) is 12.4 Å². The second-order valence-corrected chi connectivity index (χ2v) is 4.06. The molecule has 0 saturated carbocycles. The van der Waals surface area contributed by atoms with Gasteiger partial charge in [0.05, 0.1) is 23.5 Å². The highest BCUT2D eigenvalue weighted by Gasteiger charge is 2.43. The molecule has 0 aromatic carbocycles. The van der Waals surface area contributed by atoms with E-state index in [9.17, 15) is 8.78 Å². The van der Waals surface area contributed by atoms with Crippen molar-refractivity contribution in [2.45, 2.75) is 18.4 Å². The Bertz CT molecular complexity index is 357. The van der Waals surface area contributed by atoms with Crippen LogP contribution in [0.4, 0.5) is 14.7 Å². The molecule has 2 rings (SSSR count). The lowest BCUT2D eigenvalue weighted by Gasteiger charge is -2.18. The van der Waals surface area contributed by atoms with E-state index in [1.54, 1.807) is 0 Å². The maximum Gasteiger partial charge on any atom is 0.266 e. The molecule has 7 heteroatoms. The summed E-state index contributed by atoms with van der Waals surface area (Å²) >= 11 is 5.60. The summed E-state index contributed by atoms with van der Waals surface area (Å²) < 4.78 is 26.4. The molecular weight excluding hydrogens is 238 g/mol. The van der Waals surface area contributed by atoms with Gasteiger partial charge in [-0.3, -0.25) is 0 Å². The Kier molecular flexibility index (Phi) is 3.20. The van der Waals surface area contributed by atoms with Gasteiger partial charge in [0.1, 0.15) is 0 Å². The largest absolute Gasteiger partial charge is 0.352 e. The van der Waals surface area contributed by atoms with Crippen LogP contribution in [0.5, 0.6) is 0 Å². The second-order valence-electron chi connectivity index (χ2n) is 3.62. The number of alkyl halides is 2. The SMILES string of the molecule is FC1(F)CCN[C@@H]1CNc1ncc(Cl)cn1. The van der Waals surface area contributed by atoms with Crippen LogP contribution in [0.2, 0.25) is 5.02 Å². The van der Waals surface area contributed by atoms with Gasteiger partial charge in [0.15, 0.2) is 0 Å². The zero-order valence-electron chi connectivity index (χ0n) is 8.38. The first-order valence-electron chi connectivity index (χ1n) is 4.90. The smallest absolute Gasteiger partial charge is 0.266 e. The standard InChI is InChI=1S/C9H11ClF2N4/c10-6-3-14-8(15-4-6)16-5-7-9(11,12)1-2-13-7/h3-4,7,13H,1-2,5H2,(H,14,15,16)/t7-/m1/s1. The molecule has 1 fully saturated rings. The first-order chi connectivity index (χ1) is 7.58.